The summed E-state index contributed by atoms with van der Waals surface area (Å²) in [6, 6.07) is 14.1. The molecule has 0 spiro atoms. The maximum atomic E-state index is 12.3. The number of aromatic hydroxyl groups is 4. The fourth-order valence-electron chi connectivity index (χ4n) is 2.65. The predicted octanol–water partition coefficient (Wildman–Crippen LogP) is 3.81. The number of aromatic carboxylic acids is 1. The summed E-state index contributed by atoms with van der Waals surface area (Å²) in [7, 11) is 2.91. The number of carboxylic acids is 1. The van der Waals surface area contributed by atoms with Crippen molar-refractivity contribution in [2.75, 3.05) is 14.2 Å². The van der Waals surface area contributed by atoms with E-state index in [1.807, 2.05) is 30.3 Å². The third-order valence-corrected chi connectivity index (χ3v) is 4.30. The number of ketones is 1. The Labute approximate surface area is 189 Å². The van der Waals surface area contributed by atoms with Crippen molar-refractivity contribution in [3.63, 3.8) is 0 Å². The van der Waals surface area contributed by atoms with Gasteiger partial charge in [-0.25, -0.2) is 4.79 Å². The number of benzene rings is 3. The normalized spacial score (nSPS) is 10.2. The van der Waals surface area contributed by atoms with E-state index in [1.54, 1.807) is 12.1 Å². The summed E-state index contributed by atoms with van der Waals surface area (Å²) < 4.78 is 10.2. The monoisotopic (exact) mass is 454 g/mol. The number of allylic oxidation sites excluding steroid dienone is 1. The molecular formula is C24H22O9. The van der Waals surface area contributed by atoms with Crippen molar-refractivity contribution in [3.05, 3.63) is 77.4 Å². The second kappa shape index (κ2) is 11.1. The average molecular weight is 454 g/mol. The molecule has 172 valence electrons. The Morgan fingerprint density at radius 1 is 0.818 bits per heavy atom. The van der Waals surface area contributed by atoms with Gasteiger partial charge in [0.1, 0.15) is 22.8 Å². The average Bonchev–Trinajstić information content (AvgIpc) is 2.81. The summed E-state index contributed by atoms with van der Waals surface area (Å²) in [6.45, 7) is 0. The van der Waals surface area contributed by atoms with Crippen LogP contribution in [-0.4, -0.2) is 51.5 Å². The number of ether oxygens (including phenoxy) is 2. The van der Waals surface area contributed by atoms with E-state index in [0.717, 1.165) is 17.7 Å². The van der Waals surface area contributed by atoms with Crippen molar-refractivity contribution in [3.8, 4) is 34.5 Å². The van der Waals surface area contributed by atoms with Gasteiger partial charge in [-0.2, -0.15) is 0 Å². The molecule has 9 nitrogen and oxygen atoms in total. The Bertz CT molecular complexity index is 1150. The van der Waals surface area contributed by atoms with Crippen LogP contribution in [0.1, 0.15) is 26.3 Å². The van der Waals surface area contributed by atoms with Crippen molar-refractivity contribution in [1.82, 2.24) is 0 Å². The lowest BCUT2D eigenvalue weighted by atomic mass is 10.1. The highest BCUT2D eigenvalue weighted by molar-refractivity contribution is 6.10. The summed E-state index contributed by atoms with van der Waals surface area (Å²) in [4.78, 5) is 22.6. The molecular weight excluding hydrogens is 432 g/mol. The topological polar surface area (TPSA) is 154 Å². The lowest BCUT2D eigenvalue weighted by Gasteiger charge is -2.10. The standard InChI is InChI=1S/C17H16O4.C7H6O5/c1-20-13-10-15(19)17(16(11-13)21-2)14(18)9-8-12-6-4-3-5-7-12;8-4-1-3(7(11)12)2-5(9)6(4)10/h3-11,19H,1-2H3;1-2,8-10H,(H,11,12). The van der Waals surface area contributed by atoms with Crippen LogP contribution in [0.15, 0.2) is 60.7 Å². The number of methoxy groups -OCH3 is 2. The van der Waals surface area contributed by atoms with Crippen LogP contribution in [0, 0.1) is 0 Å². The molecule has 0 aliphatic heterocycles. The number of phenols is 4. The van der Waals surface area contributed by atoms with Gasteiger partial charge in [0, 0.05) is 12.1 Å². The molecule has 0 aliphatic carbocycles. The third-order valence-electron chi connectivity index (χ3n) is 4.30. The fourth-order valence-corrected chi connectivity index (χ4v) is 2.65. The number of rotatable bonds is 6. The van der Waals surface area contributed by atoms with Crippen molar-refractivity contribution in [2.24, 2.45) is 0 Å². The van der Waals surface area contributed by atoms with E-state index in [9.17, 15) is 14.7 Å². The zero-order valence-electron chi connectivity index (χ0n) is 17.7. The summed E-state index contributed by atoms with van der Waals surface area (Å²) in [6.07, 6.45) is 3.09. The first kappa shape index (κ1) is 24.6. The third kappa shape index (κ3) is 6.41. The zero-order chi connectivity index (χ0) is 24.5. The highest BCUT2D eigenvalue weighted by Crippen LogP contribution is 2.35. The molecule has 0 radical (unpaired) electrons. The van der Waals surface area contributed by atoms with Crippen LogP contribution in [0.2, 0.25) is 0 Å². The molecule has 3 aromatic rings. The molecule has 3 rings (SSSR count). The van der Waals surface area contributed by atoms with Crippen LogP contribution in [0.3, 0.4) is 0 Å². The smallest absolute Gasteiger partial charge is 0.335 e. The van der Waals surface area contributed by atoms with Gasteiger partial charge in [-0.15, -0.1) is 0 Å². The largest absolute Gasteiger partial charge is 0.507 e. The Morgan fingerprint density at radius 2 is 1.42 bits per heavy atom. The first-order valence-corrected chi connectivity index (χ1v) is 9.38. The predicted molar refractivity (Wildman–Crippen MR) is 119 cm³/mol. The molecule has 9 heteroatoms. The van der Waals surface area contributed by atoms with E-state index in [1.165, 1.54) is 26.4 Å². The minimum Gasteiger partial charge on any atom is -0.507 e. The van der Waals surface area contributed by atoms with Crippen LogP contribution in [-0.2, 0) is 0 Å². The van der Waals surface area contributed by atoms with Crippen molar-refractivity contribution < 1.29 is 44.6 Å². The van der Waals surface area contributed by atoms with Gasteiger partial charge in [-0.1, -0.05) is 36.4 Å². The molecule has 0 bridgehead atoms. The molecule has 0 saturated carbocycles. The van der Waals surface area contributed by atoms with Gasteiger partial charge in [-0.05, 0) is 23.8 Å². The van der Waals surface area contributed by atoms with E-state index in [4.69, 9.17) is 29.9 Å². The minimum absolute atomic E-state index is 0.116. The Hall–Kier alpha value is -4.66. The number of phenolic OH excluding ortho intramolecular Hbond substituents is 4. The molecule has 0 amide bonds. The molecule has 33 heavy (non-hydrogen) atoms. The maximum absolute atomic E-state index is 12.3. The summed E-state index contributed by atoms with van der Waals surface area (Å²) in [5.74, 6) is -3.15. The zero-order valence-corrected chi connectivity index (χ0v) is 17.7. The maximum Gasteiger partial charge on any atom is 0.335 e. The molecule has 0 heterocycles. The van der Waals surface area contributed by atoms with Crippen molar-refractivity contribution in [2.45, 2.75) is 0 Å². The summed E-state index contributed by atoms with van der Waals surface area (Å²) in [5, 5.41) is 44.9. The molecule has 0 unspecified atom stereocenters. The number of carboxylic acid groups (broad SMARTS) is 1. The quantitative estimate of drug-likeness (QED) is 0.212. The SMILES string of the molecule is COc1cc(O)c(C(=O)C=Cc2ccccc2)c(OC)c1.O=C(O)c1cc(O)c(O)c(O)c1. The molecule has 0 aromatic heterocycles. The van der Waals surface area contributed by atoms with Gasteiger partial charge in [0.15, 0.2) is 23.0 Å². The van der Waals surface area contributed by atoms with Crippen LogP contribution in [0.25, 0.3) is 6.08 Å². The molecule has 0 atom stereocenters. The van der Waals surface area contributed by atoms with Gasteiger partial charge in [0.05, 0.1) is 19.8 Å². The minimum atomic E-state index is -1.29. The highest BCUT2D eigenvalue weighted by atomic mass is 16.5. The van der Waals surface area contributed by atoms with E-state index in [0.29, 0.717) is 5.75 Å². The first-order valence-electron chi connectivity index (χ1n) is 9.38. The van der Waals surface area contributed by atoms with Crippen molar-refractivity contribution >= 4 is 17.8 Å². The number of hydrogen-bond acceptors (Lipinski definition) is 8. The fraction of sp³-hybridized carbons (Fsp3) is 0.0833. The van der Waals surface area contributed by atoms with E-state index in [-0.39, 0.29) is 28.4 Å². The van der Waals surface area contributed by atoms with Crippen molar-refractivity contribution in [1.29, 1.82) is 0 Å². The van der Waals surface area contributed by atoms with Gasteiger partial charge in [0.25, 0.3) is 0 Å². The molecule has 0 saturated heterocycles. The van der Waals surface area contributed by atoms with Gasteiger partial charge < -0.3 is 35.0 Å². The second-order valence-corrected chi connectivity index (χ2v) is 6.50. The molecule has 0 aliphatic rings. The molecule has 5 N–H and O–H groups in total. The molecule has 0 fully saturated rings. The summed E-state index contributed by atoms with van der Waals surface area (Å²) in [5.41, 5.74) is 0.728. The Morgan fingerprint density at radius 3 is 1.94 bits per heavy atom. The first-order chi connectivity index (χ1) is 15.7. The Balaban J connectivity index is 0.000000273. The second-order valence-electron chi connectivity index (χ2n) is 6.50. The van der Waals surface area contributed by atoms with E-state index >= 15 is 0 Å². The van der Waals surface area contributed by atoms with Crippen LogP contribution < -0.4 is 9.47 Å². The number of carbonyl (C=O) groups is 2. The van der Waals surface area contributed by atoms with E-state index in [2.05, 4.69) is 0 Å². The number of hydrogen-bond donors (Lipinski definition) is 5. The van der Waals surface area contributed by atoms with Gasteiger partial charge in [0.2, 0.25) is 0 Å². The van der Waals surface area contributed by atoms with Gasteiger partial charge >= 0.3 is 5.97 Å². The van der Waals surface area contributed by atoms with Gasteiger partial charge in [-0.3, -0.25) is 4.79 Å². The van der Waals surface area contributed by atoms with Crippen LogP contribution in [0.5, 0.6) is 34.5 Å². The number of carbonyl (C=O) groups excluding carboxylic acids is 1. The van der Waals surface area contributed by atoms with Crippen LogP contribution in [0.4, 0.5) is 0 Å². The lowest BCUT2D eigenvalue weighted by Crippen LogP contribution is -2.00. The Kier molecular flexibility index (Phi) is 8.28. The van der Waals surface area contributed by atoms with E-state index < -0.39 is 23.2 Å². The highest BCUT2D eigenvalue weighted by Gasteiger charge is 2.17. The lowest BCUT2D eigenvalue weighted by molar-refractivity contribution is 0.0695. The summed E-state index contributed by atoms with van der Waals surface area (Å²) >= 11 is 0. The van der Waals surface area contributed by atoms with Crippen LogP contribution >= 0.6 is 0 Å². The molecule has 3 aromatic carbocycles.